The number of carbonyl (C=O) groups excluding carboxylic acids is 10. The van der Waals surface area contributed by atoms with Crippen LogP contribution in [0.3, 0.4) is 0 Å². The predicted molar refractivity (Wildman–Crippen MR) is 357 cm³/mol. The molecule has 2 bridgehead atoms. The summed E-state index contributed by atoms with van der Waals surface area (Å²) < 4.78 is 65.5. The molecule has 7 unspecified atom stereocenters. The monoisotopic (exact) mass is 1390 g/mol. The van der Waals surface area contributed by atoms with Gasteiger partial charge in [0.1, 0.15) is 29.7 Å². The highest BCUT2D eigenvalue weighted by Crippen LogP contribution is 2.65. The lowest BCUT2D eigenvalue weighted by Crippen LogP contribution is -2.82. The van der Waals surface area contributed by atoms with E-state index < -0.39 is 168 Å². The van der Waals surface area contributed by atoms with E-state index >= 15 is 9.59 Å². The molecule has 1 amide bonds. The van der Waals surface area contributed by atoms with Crippen LogP contribution in [-0.4, -0.2) is 148 Å². The van der Waals surface area contributed by atoms with E-state index in [9.17, 15) is 53.7 Å². The van der Waals surface area contributed by atoms with Crippen LogP contribution >= 0.6 is 0 Å². The zero-order valence-electron chi connectivity index (χ0n) is 57.4. The molecule has 2 saturated carbocycles. The van der Waals surface area contributed by atoms with Gasteiger partial charge in [-0.25, -0.2) is 9.59 Å². The zero-order chi connectivity index (χ0) is 73.5. The molecule has 0 spiro atoms. The van der Waals surface area contributed by atoms with Crippen molar-refractivity contribution in [3.63, 3.8) is 0 Å². The fourth-order valence-electron chi connectivity index (χ4n) is 14.1. The smallest absolute Gasteiger partial charge is 0.348 e. The van der Waals surface area contributed by atoms with E-state index in [-0.39, 0.29) is 69.6 Å². The molecule has 101 heavy (non-hydrogen) atoms. The highest BCUT2D eigenvalue weighted by Gasteiger charge is 2.78. The number of ketones is 1. The van der Waals surface area contributed by atoms with E-state index in [1.54, 1.807) is 87.5 Å². The van der Waals surface area contributed by atoms with Crippen LogP contribution in [0.25, 0.3) is 6.08 Å². The van der Waals surface area contributed by atoms with Gasteiger partial charge >= 0.3 is 47.8 Å². The quantitative estimate of drug-likeness (QED) is 0.0107. The van der Waals surface area contributed by atoms with Crippen molar-refractivity contribution in [2.24, 2.45) is 16.7 Å². The molecule has 0 aromatic heterocycles. The Morgan fingerprint density at radius 1 is 0.673 bits per heavy atom. The predicted octanol–water partition coefficient (Wildman–Crippen LogP) is 8.07. The van der Waals surface area contributed by atoms with E-state index in [0.29, 0.717) is 11.1 Å². The van der Waals surface area contributed by atoms with Crippen molar-refractivity contribution < 1.29 is 115 Å². The minimum Gasteiger partial charge on any atom is -0.479 e. The Morgan fingerprint density at radius 2 is 1.24 bits per heavy atom. The van der Waals surface area contributed by atoms with Gasteiger partial charge in [0.25, 0.3) is 5.91 Å². The fourth-order valence-corrected chi connectivity index (χ4v) is 14.1. The second-order valence-corrected chi connectivity index (χ2v) is 26.1. The molecule has 13 atom stereocenters. The molecule has 3 aliphatic carbocycles. The molecule has 3 fully saturated rings. The highest BCUT2D eigenvalue weighted by molar-refractivity contribution is 5.96. The van der Waals surface area contributed by atoms with E-state index in [4.69, 9.17) is 52.1 Å². The van der Waals surface area contributed by atoms with Crippen LogP contribution in [0, 0.1) is 16.7 Å². The molecule has 534 valence electrons. The van der Waals surface area contributed by atoms with E-state index in [1.807, 2.05) is 0 Å². The number of hydrogen-bond donors (Lipinski definition) is 4. The molecule has 4 N–H and O–H groups in total. The first-order valence-corrected chi connectivity index (χ1v) is 32.6. The number of carbonyl (C=O) groups is 10. The largest absolute Gasteiger partial charge is 0.479 e. The van der Waals surface area contributed by atoms with Gasteiger partial charge in [-0.15, -0.1) is 0 Å². The summed E-state index contributed by atoms with van der Waals surface area (Å²) in [5.74, 6) is -10.6. The van der Waals surface area contributed by atoms with Crippen LogP contribution in [0.15, 0.2) is 157 Å². The molecular formula is C76H81NO24. The van der Waals surface area contributed by atoms with Gasteiger partial charge in [-0.05, 0) is 89.4 Å². The number of esters is 8. The van der Waals surface area contributed by atoms with Crippen LogP contribution in [0.4, 0.5) is 0 Å². The van der Waals surface area contributed by atoms with Crippen molar-refractivity contribution in [3.8, 4) is 23.0 Å². The summed E-state index contributed by atoms with van der Waals surface area (Å²) in [6.07, 6.45) is -11.9. The summed E-state index contributed by atoms with van der Waals surface area (Å²) in [7, 11) is 0. The van der Waals surface area contributed by atoms with Crippen molar-refractivity contribution in [1.82, 2.24) is 5.32 Å². The first-order valence-electron chi connectivity index (χ1n) is 32.6. The second kappa shape index (κ2) is 31.2. The highest BCUT2D eigenvalue weighted by atomic mass is 16.6. The molecule has 1 aliphatic heterocycles. The standard InChI is InChI=1S/C76H81NO24/c1-41(27-28-49-29-31-55(94-43(3)78)57(35-49)96-45(5)80)93-59(37-50-30-32-56(95-44(4)79)58(36-50)97-46(6)81)72(89)99-65(64(51-21-15-12-16-22-51)77-70(87)52-23-17-13-18-24-52)54(84)33-34-91-60-39-76(90)69(100-71(88)53-25-19-14-20-26-53)67-74(11,61(85)38-62-75(67,40-92-62)101-48(8)83)68(86)66(98-47(7)82)63(42(60)2)73(76,9)10/h12-32,35-36,59-62,64-69,85-86,90H,1,33-34,37-40H2,2-11H3,(H,77,87)/b28-27+/t59?,60-,61-,62?,64?,65?,66+,67?,68?,69-,74+,75-,76?/m0/s1. The van der Waals surface area contributed by atoms with E-state index in [1.165, 1.54) is 79.7 Å². The summed E-state index contributed by atoms with van der Waals surface area (Å²) in [6.45, 7) is 16.3. The van der Waals surface area contributed by atoms with Crippen LogP contribution in [0.2, 0.25) is 0 Å². The van der Waals surface area contributed by atoms with Crippen molar-refractivity contribution in [2.75, 3.05) is 13.2 Å². The number of amides is 1. The minimum absolute atomic E-state index is 0.0508. The van der Waals surface area contributed by atoms with E-state index in [2.05, 4.69) is 11.9 Å². The first kappa shape index (κ1) is 75.0. The van der Waals surface area contributed by atoms with Gasteiger partial charge in [-0.1, -0.05) is 112 Å². The molecule has 5 aromatic carbocycles. The first-order chi connectivity index (χ1) is 47.8. The molecule has 1 saturated heterocycles. The van der Waals surface area contributed by atoms with Crippen LogP contribution in [0.1, 0.15) is 132 Å². The lowest BCUT2D eigenvalue weighted by atomic mass is 9.44. The van der Waals surface area contributed by atoms with Gasteiger partial charge in [-0.3, -0.25) is 38.4 Å². The number of rotatable bonds is 25. The van der Waals surface area contributed by atoms with Gasteiger partial charge in [-0.2, -0.15) is 0 Å². The lowest BCUT2D eigenvalue weighted by Gasteiger charge is -2.69. The van der Waals surface area contributed by atoms with Crippen LogP contribution in [0.5, 0.6) is 23.0 Å². The van der Waals surface area contributed by atoms with Crippen molar-refractivity contribution in [3.05, 3.63) is 185 Å². The Balaban J connectivity index is 1.12. The molecule has 0 radical (unpaired) electrons. The SMILES string of the molecule is C=C(/C=C/c1ccc(OC(C)=O)c(OC(C)=O)c1)OC(Cc1ccc(OC(C)=O)c(OC(C)=O)c1)C(=O)OC(C(=O)CCO[C@H]1CC2(O)[C@@H](OC(=O)c3ccccc3)C3[C@]4(OC(C)=O)COC4C[C@H](O)[C@@]3(C)C(O)[C@H](OC(C)=O)C(=C1C)C2(C)C)C(NC(=O)c1ccccc1)c1ccccc1. The number of ether oxygens (including phenoxy) is 11. The zero-order valence-corrected chi connectivity index (χ0v) is 57.4. The Labute approximate surface area is 582 Å². The molecule has 1 heterocycles. The van der Waals surface area contributed by atoms with E-state index in [0.717, 1.165) is 41.5 Å². The summed E-state index contributed by atoms with van der Waals surface area (Å²) in [5, 5.41) is 42.6. The van der Waals surface area contributed by atoms with Gasteiger partial charge in [0, 0.05) is 83.6 Å². The van der Waals surface area contributed by atoms with Crippen molar-refractivity contribution in [1.29, 1.82) is 0 Å². The van der Waals surface area contributed by atoms with Gasteiger partial charge in [0.15, 0.2) is 52.7 Å². The number of benzene rings is 5. The molecule has 9 rings (SSSR count). The molecule has 25 nitrogen and oxygen atoms in total. The second-order valence-electron chi connectivity index (χ2n) is 26.1. The Hall–Kier alpha value is -10.2. The van der Waals surface area contributed by atoms with Crippen LogP contribution in [-0.2, 0) is 77.9 Å². The molecule has 4 aliphatic rings. The Bertz CT molecular complexity index is 4070. The Morgan fingerprint density at radius 3 is 1.80 bits per heavy atom. The van der Waals surface area contributed by atoms with Gasteiger partial charge in [0.05, 0.1) is 42.9 Å². The van der Waals surface area contributed by atoms with Gasteiger partial charge < -0.3 is 72.7 Å². The maximum absolute atomic E-state index is 15.6. The molecule has 5 aromatic rings. The normalized spacial score (nSPS) is 24.8. The third-order valence-corrected chi connectivity index (χ3v) is 18.9. The number of hydrogen-bond acceptors (Lipinski definition) is 24. The summed E-state index contributed by atoms with van der Waals surface area (Å²) in [5.41, 5.74) is -6.28. The number of aliphatic hydroxyl groups excluding tert-OH is 2. The van der Waals surface area contributed by atoms with Crippen molar-refractivity contribution in [2.45, 2.75) is 161 Å². The number of Topliss-reactive ketones (excluding diaryl/α,β-unsaturated/α-hetero) is 1. The Kier molecular flexibility index (Phi) is 23.1. The number of aliphatic hydroxyl groups is 3. The topological polar surface area (TPSA) is 345 Å². The number of allylic oxidation sites excluding steroid dienone is 1. The summed E-state index contributed by atoms with van der Waals surface area (Å²) >= 11 is 0. The average Bonchev–Trinajstić information content (AvgIpc) is 0.669. The average molecular weight is 1390 g/mol. The maximum Gasteiger partial charge on any atom is 0.348 e. The molecule has 25 heteroatoms. The minimum atomic E-state index is -2.38. The third kappa shape index (κ3) is 16.4. The lowest BCUT2D eigenvalue weighted by molar-refractivity contribution is -0.365. The fraction of sp³-hybridized carbons (Fsp3) is 0.395. The third-order valence-electron chi connectivity index (χ3n) is 18.9. The maximum atomic E-state index is 15.6. The summed E-state index contributed by atoms with van der Waals surface area (Å²) in [6, 6.07) is 30.8. The van der Waals surface area contributed by atoms with Crippen molar-refractivity contribution >= 4 is 65.5 Å². The molecular weight excluding hydrogens is 1310 g/mol. The summed E-state index contributed by atoms with van der Waals surface area (Å²) in [4.78, 5) is 135. The number of fused-ring (bicyclic) bond motifs is 5. The van der Waals surface area contributed by atoms with Crippen LogP contribution < -0.4 is 24.3 Å². The number of nitrogens with one attached hydrogen (secondary N) is 1. The van der Waals surface area contributed by atoms with Gasteiger partial charge in [0.2, 0.25) is 0 Å².